The number of carboxylic acids is 1. The van der Waals surface area contributed by atoms with E-state index in [0.29, 0.717) is 5.76 Å². The number of carbonyl (C=O) groups is 1. The zero-order valence-electron chi connectivity index (χ0n) is 10.7. The zero-order valence-corrected chi connectivity index (χ0v) is 11.7. The van der Waals surface area contributed by atoms with Crippen molar-refractivity contribution in [3.05, 3.63) is 59.8 Å². The molecule has 0 radical (unpaired) electrons. The van der Waals surface area contributed by atoms with Crippen LogP contribution in [0.2, 0.25) is 0 Å². The predicted octanol–water partition coefficient (Wildman–Crippen LogP) is 2.54. The van der Waals surface area contributed by atoms with E-state index < -0.39 is 14.6 Å². The van der Waals surface area contributed by atoms with Gasteiger partial charge in [-0.25, -0.2) is 4.79 Å². The summed E-state index contributed by atoms with van der Waals surface area (Å²) in [6.45, 7) is 2.85. The average Bonchev–Trinajstić information content (AvgIpc) is 2.92. The van der Waals surface area contributed by atoms with Crippen LogP contribution in [-0.4, -0.2) is 26.3 Å². The Hall–Kier alpha value is -2.14. The highest BCUT2D eigenvalue weighted by molar-refractivity contribution is 6.43. The van der Waals surface area contributed by atoms with Crippen LogP contribution in [0.3, 0.4) is 0 Å². The summed E-state index contributed by atoms with van der Waals surface area (Å²) < 4.78 is 10.2. The maximum atomic E-state index is 9.97. The topological polar surface area (TPSA) is 59.7 Å². The molecule has 2 heterocycles. The normalized spacial score (nSPS) is 9.74. The van der Waals surface area contributed by atoms with Gasteiger partial charge in [0.1, 0.15) is 5.76 Å². The molecule has 0 spiro atoms. The molecule has 0 unspecified atom stereocenters. The van der Waals surface area contributed by atoms with Crippen molar-refractivity contribution in [2.45, 2.75) is 6.92 Å². The maximum Gasteiger partial charge on any atom is 0.328 e. The number of carboxylic acid groups (broad SMARTS) is 1. The summed E-state index contributed by atoms with van der Waals surface area (Å²) in [4.78, 5) is 9.97. The third kappa shape index (κ3) is 7.00. The Morgan fingerprint density at radius 1 is 1.37 bits per heavy atom. The van der Waals surface area contributed by atoms with Crippen LogP contribution in [0.5, 0.6) is 0 Å². The van der Waals surface area contributed by atoms with E-state index in [9.17, 15) is 4.79 Å². The summed E-state index contributed by atoms with van der Waals surface area (Å²) in [6.07, 6.45) is 3.91. The lowest BCUT2D eigenvalue weighted by molar-refractivity contribution is -0.131. The van der Waals surface area contributed by atoms with Crippen molar-refractivity contribution in [3.8, 4) is 0 Å². The molecule has 0 amide bonds. The van der Waals surface area contributed by atoms with Gasteiger partial charge in [-0.3, -0.25) is 0 Å². The van der Waals surface area contributed by atoms with Crippen molar-refractivity contribution in [2.75, 3.05) is 6.61 Å². The number of furan rings is 1. The molecule has 19 heavy (non-hydrogen) atoms. The van der Waals surface area contributed by atoms with E-state index in [1.54, 1.807) is 12.1 Å². The second-order valence-electron chi connectivity index (χ2n) is 3.43. The zero-order chi connectivity index (χ0) is 13.9. The number of hydrogen-bond acceptors (Lipinski definition) is 3. The van der Waals surface area contributed by atoms with Crippen molar-refractivity contribution in [1.29, 1.82) is 0 Å². The molecule has 1 N–H and O–H groups in total. The minimum Gasteiger partial charge on any atom is -0.548 e. The molecular formula is C14H16O4Si. The first-order valence-electron chi connectivity index (χ1n) is 5.84. The summed E-state index contributed by atoms with van der Waals surface area (Å²) in [7, 11) is -0.691. The molecular weight excluding hydrogens is 260 g/mol. The molecule has 0 aliphatic carbocycles. The quantitative estimate of drug-likeness (QED) is 0.688. The van der Waals surface area contributed by atoms with Gasteiger partial charge in [-0.15, -0.1) is 0 Å². The number of rotatable bonds is 4. The fourth-order valence-corrected chi connectivity index (χ4v) is 2.46. The van der Waals surface area contributed by atoms with Crippen LogP contribution in [0.25, 0.3) is 6.08 Å². The lowest BCUT2D eigenvalue weighted by Gasteiger charge is -1.98. The SMILES string of the molecule is CCO[si]1ccccc1.O=C(O)C=Cc1ccco1. The first kappa shape index (κ1) is 14.9. The molecule has 0 aromatic carbocycles. The molecule has 0 atom stereocenters. The maximum absolute atomic E-state index is 9.97. The predicted molar refractivity (Wildman–Crippen MR) is 74.9 cm³/mol. The van der Waals surface area contributed by atoms with Gasteiger partial charge in [-0.1, -0.05) is 18.2 Å². The van der Waals surface area contributed by atoms with Gasteiger partial charge in [0.05, 0.1) is 12.9 Å². The van der Waals surface area contributed by atoms with E-state index in [4.69, 9.17) is 13.9 Å². The van der Waals surface area contributed by atoms with Crippen LogP contribution >= 0.6 is 0 Å². The highest BCUT2D eigenvalue weighted by atomic mass is 28.3. The fourth-order valence-electron chi connectivity index (χ4n) is 1.22. The highest BCUT2D eigenvalue weighted by Gasteiger charge is 1.89. The molecule has 0 fully saturated rings. The summed E-state index contributed by atoms with van der Waals surface area (Å²) in [5, 5.41) is 8.18. The summed E-state index contributed by atoms with van der Waals surface area (Å²) >= 11 is 0. The second-order valence-corrected chi connectivity index (χ2v) is 5.19. The van der Waals surface area contributed by atoms with Crippen LogP contribution in [0.15, 0.2) is 58.4 Å². The Balaban J connectivity index is 0.000000191. The Labute approximate surface area is 113 Å². The van der Waals surface area contributed by atoms with E-state index >= 15 is 0 Å². The minimum atomic E-state index is -0.976. The lowest BCUT2D eigenvalue weighted by Crippen LogP contribution is -2.10. The average molecular weight is 276 g/mol. The van der Waals surface area contributed by atoms with Gasteiger partial charge in [0.25, 0.3) is 8.64 Å². The monoisotopic (exact) mass is 276 g/mol. The van der Waals surface area contributed by atoms with E-state index in [1.165, 1.54) is 12.3 Å². The van der Waals surface area contributed by atoms with Gasteiger partial charge < -0.3 is 13.9 Å². The number of aliphatic carboxylic acids is 1. The second kappa shape index (κ2) is 8.88. The van der Waals surface area contributed by atoms with Crippen LogP contribution in [0.4, 0.5) is 0 Å². The first-order chi connectivity index (χ1) is 9.22. The van der Waals surface area contributed by atoms with Crippen LogP contribution in [0, 0.1) is 0 Å². The van der Waals surface area contributed by atoms with Crippen molar-refractivity contribution < 1.29 is 18.7 Å². The lowest BCUT2D eigenvalue weighted by atomic mass is 10.4. The molecule has 100 valence electrons. The van der Waals surface area contributed by atoms with Crippen molar-refractivity contribution >= 4 is 20.7 Å². The fraction of sp³-hybridized carbons (Fsp3) is 0.143. The molecule has 0 saturated carbocycles. The Morgan fingerprint density at radius 3 is 2.63 bits per heavy atom. The summed E-state index contributed by atoms with van der Waals surface area (Å²) in [5.41, 5.74) is 4.27. The molecule has 2 aromatic heterocycles. The van der Waals surface area contributed by atoms with Gasteiger partial charge in [0.15, 0.2) is 0 Å². The molecule has 5 heteroatoms. The smallest absolute Gasteiger partial charge is 0.328 e. The third-order valence-electron chi connectivity index (χ3n) is 1.99. The van der Waals surface area contributed by atoms with Crippen molar-refractivity contribution in [2.24, 2.45) is 0 Å². The molecule has 0 aliphatic heterocycles. The summed E-state index contributed by atoms with van der Waals surface area (Å²) in [5.74, 6) is -0.432. The Bertz CT molecular complexity index is 491. The van der Waals surface area contributed by atoms with Gasteiger partial charge in [0, 0.05) is 6.08 Å². The van der Waals surface area contributed by atoms with Crippen molar-refractivity contribution in [1.82, 2.24) is 0 Å². The number of hydrogen-bond donors (Lipinski definition) is 1. The summed E-state index contributed by atoms with van der Waals surface area (Å²) in [6, 6.07) is 9.49. The van der Waals surface area contributed by atoms with Gasteiger partial charge in [-0.2, -0.15) is 0 Å². The molecule has 4 nitrogen and oxygen atoms in total. The van der Waals surface area contributed by atoms with Crippen LogP contribution in [0.1, 0.15) is 12.7 Å². The van der Waals surface area contributed by atoms with Crippen LogP contribution < -0.4 is 4.43 Å². The van der Waals surface area contributed by atoms with Crippen molar-refractivity contribution in [3.63, 3.8) is 0 Å². The third-order valence-corrected chi connectivity index (χ3v) is 3.65. The molecule has 0 bridgehead atoms. The van der Waals surface area contributed by atoms with Gasteiger partial charge >= 0.3 is 5.97 Å². The van der Waals surface area contributed by atoms with E-state index in [-0.39, 0.29) is 0 Å². The minimum absolute atomic E-state index is 0.544. The van der Waals surface area contributed by atoms with Gasteiger partial charge in [-0.05, 0) is 36.5 Å². The standard InChI is InChI=1S/C7H6O3.C7H10OSi/c8-7(9)4-3-6-2-1-5-10-6;1-2-8-9-6-4-3-5-7-9/h1-5H,(H,8,9);3-7H,2H2,1H3. The van der Waals surface area contributed by atoms with Crippen LogP contribution in [-0.2, 0) is 4.79 Å². The molecule has 2 rings (SSSR count). The van der Waals surface area contributed by atoms with E-state index in [1.807, 2.05) is 25.1 Å². The highest BCUT2D eigenvalue weighted by Crippen LogP contribution is 2.01. The first-order valence-corrected chi connectivity index (χ1v) is 7.41. The Morgan fingerprint density at radius 2 is 2.11 bits per heavy atom. The molecule has 0 saturated heterocycles. The van der Waals surface area contributed by atoms with E-state index in [2.05, 4.69) is 11.4 Å². The molecule has 2 aromatic rings. The van der Waals surface area contributed by atoms with E-state index in [0.717, 1.165) is 12.7 Å². The molecule has 0 aliphatic rings. The Kier molecular flexibility index (Phi) is 6.97. The largest absolute Gasteiger partial charge is 0.548 e. The van der Waals surface area contributed by atoms with Gasteiger partial charge in [0.2, 0.25) is 0 Å².